The highest BCUT2D eigenvalue weighted by atomic mass is 79.9. The number of rotatable bonds is 1. The molecule has 0 saturated carbocycles. The van der Waals surface area contributed by atoms with Crippen LogP contribution in [0, 0.1) is 19.1 Å². The maximum Gasteiger partial charge on any atom is 0.228 e. The fourth-order valence-electron chi connectivity index (χ4n) is 1.86. The quantitative estimate of drug-likeness (QED) is 0.595. The monoisotopic (exact) mass is 281 g/mol. The van der Waals surface area contributed by atoms with E-state index < -0.39 is 0 Å². The highest BCUT2D eigenvalue weighted by Crippen LogP contribution is 2.34. The number of pyridine rings is 1. The van der Waals surface area contributed by atoms with Crippen molar-refractivity contribution in [3.8, 4) is 5.75 Å². The van der Waals surface area contributed by atoms with Crippen molar-refractivity contribution in [2.24, 2.45) is 0 Å². The Kier molecular flexibility index (Phi) is 2.76. The summed E-state index contributed by atoms with van der Waals surface area (Å²) >= 11 is 3.47. The molecule has 2 aromatic rings. The molecule has 0 spiro atoms. The number of ether oxygens (including phenoxy) is 1. The van der Waals surface area contributed by atoms with Gasteiger partial charge in [-0.15, -0.1) is 0 Å². The first-order valence-corrected chi connectivity index (χ1v) is 5.70. The minimum atomic E-state index is 0.679. The van der Waals surface area contributed by atoms with Crippen LogP contribution in [0.4, 0.5) is 0 Å². The van der Waals surface area contributed by atoms with Crippen LogP contribution < -0.4 is 9.47 Å². The van der Waals surface area contributed by atoms with Crippen molar-refractivity contribution in [3.05, 3.63) is 39.1 Å². The normalized spacial score (nSPS) is 10.8. The summed E-state index contributed by atoms with van der Waals surface area (Å²) in [6.45, 7) is 3.80. The van der Waals surface area contributed by atoms with Gasteiger partial charge in [-0.1, -0.05) is 0 Å². The molecule has 4 heteroatoms. The van der Waals surface area contributed by atoms with Crippen LogP contribution in [-0.2, 0) is 0 Å². The molecule has 1 heterocycles. The van der Waals surface area contributed by atoms with Crippen LogP contribution in [0.15, 0.2) is 22.8 Å². The highest BCUT2D eigenvalue weighted by molar-refractivity contribution is 9.10. The third kappa shape index (κ3) is 1.63. The number of nitrogens with zero attached hydrogens (tertiary/aromatic N) is 1. The van der Waals surface area contributed by atoms with E-state index in [9.17, 15) is 5.21 Å². The van der Waals surface area contributed by atoms with Gasteiger partial charge in [-0.2, -0.15) is 4.73 Å². The zero-order valence-corrected chi connectivity index (χ0v) is 11.0. The predicted octanol–water partition coefficient (Wildman–Crippen LogP) is 2.86. The Balaban J connectivity index is 2.95. The van der Waals surface area contributed by atoms with E-state index in [0.717, 1.165) is 31.5 Å². The first-order valence-electron chi connectivity index (χ1n) is 4.91. The van der Waals surface area contributed by atoms with Crippen LogP contribution in [0.1, 0.15) is 11.1 Å². The maximum atomic E-state index is 11.8. The summed E-state index contributed by atoms with van der Waals surface area (Å²) in [5.41, 5.74) is 2.51. The average Bonchev–Trinajstić information content (AvgIpc) is 2.22. The lowest BCUT2D eigenvalue weighted by Gasteiger charge is -2.10. The van der Waals surface area contributed by atoms with Gasteiger partial charge in [-0.25, -0.2) is 0 Å². The van der Waals surface area contributed by atoms with Gasteiger partial charge >= 0.3 is 0 Å². The molecule has 0 unspecified atom stereocenters. The molecule has 0 aliphatic heterocycles. The standard InChI is InChI=1S/C12H12BrNO2/c1-7-4-9-11(13)10(16-3)5-8(2)12(9)14(15)6-7/h4-6H,1-3H3. The van der Waals surface area contributed by atoms with E-state index in [1.165, 1.54) is 0 Å². The lowest BCUT2D eigenvalue weighted by molar-refractivity contribution is -0.577. The molecule has 0 radical (unpaired) electrons. The molecule has 3 nitrogen and oxygen atoms in total. The first kappa shape index (κ1) is 11.2. The second-order valence-electron chi connectivity index (χ2n) is 3.82. The van der Waals surface area contributed by atoms with E-state index in [0.29, 0.717) is 5.52 Å². The molecule has 1 aromatic heterocycles. The second kappa shape index (κ2) is 3.94. The van der Waals surface area contributed by atoms with Crippen molar-refractivity contribution in [2.75, 3.05) is 7.11 Å². The predicted molar refractivity (Wildman–Crippen MR) is 66.6 cm³/mol. The number of aromatic nitrogens is 1. The molecule has 16 heavy (non-hydrogen) atoms. The van der Waals surface area contributed by atoms with Crippen LogP contribution in [-0.4, -0.2) is 7.11 Å². The number of hydrogen-bond donors (Lipinski definition) is 0. The minimum Gasteiger partial charge on any atom is -0.618 e. The lowest BCUT2D eigenvalue weighted by Crippen LogP contribution is -2.27. The van der Waals surface area contributed by atoms with Gasteiger partial charge in [0.2, 0.25) is 5.52 Å². The molecule has 2 rings (SSSR count). The summed E-state index contributed by atoms with van der Waals surface area (Å²) in [7, 11) is 1.62. The van der Waals surface area contributed by atoms with Gasteiger partial charge in [0.25, 0.3) is 0 Å². The fraction of sp³-hybridized carbons (Fsp3) is 0.250. The molecule has 0 N–H and O–H groups in total. The summed E-state index contributed by atoms with van der Waals surface area (Å²) in [5, 5.41) is 12.7. The Morgan fingerprint density at radius 1 is 1.31 bits per heavy atom. The summed E-state index contributed by atoms with van der Waals surface area (Å²) in [6, 6.07) is 3.83. The number of halogens is 1. The van der Waals surface area contributed by atoms with Gasteiger partial charge in [-0.3, -0.25) is 0 Å². The van der Waals surface area contributed by atoms with Crippen LogP contribution in [0.25, 0.3) is 10.9 Å². The number of methoxy groups -OCH3 is 1. The van der Waals surface area contributed by atoms with Gasteiger partial charge in [0.15, 0.2) is 6.20 Å². The van der Waals surface area contributed by atoms with Gasteiger partial charge in [-0.05, 0) is 41.9 Å². The second-order valence-corrected chi connectivity index (χ2v) is 4.61. The van der Waals surface area contributed by atoms with Gasteiger partial charge in [0, 0.05) is 11.1 Å². The zero-order valence-electron chi connectivity index (χ0n) is 9.37. The van der Waals surface area contributed by atoms with Crippen molar-refractivity contribution in [1.29, 1.82) is 0 Å². The van der Waals surface area contributed by atoms with Crippen molar-refractivity contribution < 1.29 is 9.47 Å². The molecule has 0 aliphatic carbocycles. The van der Waals surface area contributed by atoms with Crippen molar-refractivity contribution in [3.63, 3.8) is 0 Å². The summed E-state index contributed by atoms with van der Waals surface area (Å²) in [4.78, 5) is 0. The fourth-order valence-corrected chi connectivity index (χ4v) is 2.44. The molecule has 0 amide bonds. The molecule has 0 bridgehead atoms. The SMILES string of the molecule is COc1cc(C)c2c(cc(C)c[n+]2[O-])c1Br. The van der Waals surface area contributed by atoms with Crippen molar-refractivity contribution in [2.45, 2.75) is 13.8 Å². The zero-order chi connectivity index (χ0) is 11.9. The Morgan fingerprint density at radius 2 is 2.00 bits per heavy atom. The molecule has 0 aliphatic rings. The van der Waals surface area contributed by atoms with Crippen molar-refractivity contribution >= 4 is 26.8 Å². The van der Waals surface area contributed by atoms with Crippen LogP contribution in [0.3, 0.4) is 0 Å². The third-order valence-electron chi connectivity index (χ3n) is 2.56. The van der Waals surface area contributed by atoms with Gasteiger partial charge in [0.1, 0.15) is 5.75 Å². The number of aryl methyl sites for hydroxylation is 2. The summed E-state index contributed by atoms with van der Waals surface area (Å²) < 4.78 is 6.99. The van der Waals surface area contributed by atoms with Gasteiger partial charge < -0.3 is 9.94 Å². The smallest absolute Gasteiger partial charge is 0.228 e. The topological polar surface area (TPSA) is 36.2 Å². The first-order chi connectivity index (χ1) is 7.54. The maximum absolute atomic E-state index is 11.8. The van der Waals surface area contributed by atoms with Gasteiger partial charge in [0.05, 0.1) is 17.0 Å². The van der Waals surface area contributed by atoms with E-state index in [-0.39, 0.29) is 0 Å². The average molecular weight is 282 g/mol. The molecular weight excluding hydrogens is 270 g/mol. The van der Waals surface area contributed by atoms with Crippen LogP contribution >= 0.6 is 15.9 Å². The minimum absolute atomic E-state index is 0.679. The molecular formula is C12H12BrNO2. The molecule has 0 saturated heterocycles. The van der Waals surface area contributed by atoms with Crippen LogP contribution in [0.5, 0.6) is 5.75 Å². The van der Waals surface area contributed by atoms with E-state index in [2.05, 4.69) is 15.9 Å². The van der Waals surface area contributed by atoms with Crippen LogP contribution in [0.2, 0.25) is 0 Å². The Labute approximate surface area is 102 Å². The van der Waals surface area contributed by atoms with E-state index >= 15 is 0 Å². The summed E-state index contributed by atoms with van der Waals surface area (Å²) in [6.07, 6.45) is 1.58. The number of fused-ring (bicyclic) bond motifs is 1. The third-order valence-corrected chi connectivity index (χ3v) is 3.38. The number of hydrogen-bond acceptors (Lipinski definition) is 2. The highest BCUT2D eigenvalue weighted by Gasteiger charge is 2.15. The largest absolute Gasteiger partial charge is 0.618 e. The van der Waals surface area contributed by atoms with Crippen molar-refractivity contribution in [1.82, 2.24) is 0 Å². The Hall–Kier alpha value is -1.29. The van der Waals surface area contributed by atoms with E-state index in [1.54, 1.807) is 13.3 Å². The molecule has 84 valence electrons. The molecule has 1 aromatic carbocycles. The molecule has 0 atom stereocenters. The summed E-state index contributed by atoms with van der Waals surface area (Å²) in [5.74, 6) is 0.746. The van der Waals surface area contributed by atoms with E-state index in [1.807, 2.05) is 26.0 Å². The lowest BCUT2D eigenvalue weighted by atomic mass is 10.1. The Bertz CT molecular complexity index is 567. The Morgan fingerprint density at radius 3 is 2.62 bits per heavy atom. The van der Waals surface area contributed by atoms with E-state index in [4.69, 9.17) is 4.74 Å². The number of benzene rings is 1. The molecule has 0 fully saturated rings.